The number of aliphatic hydroxyl groups excluding tert-OH is 1. The molecule has 1 fully saturated rings. The first kappa shape index (κ1) is 24.7. The van der Waals surface area contributed by atoms with Gasteiger partial charge in [-0.1, -0.05) is 5.92 Å². The highest BCUT2D eigenvalue weighted by molar-refractivity contribution is 5.83. The van der Waals surface area contributed by atoms with Crippen LogP contribution in [0.2, 0.25) is 0 Å². The van der Waals surface area contributed by atoms with Crippen LogP contribution in [0.15, 0.2) is 47.5 Å². The Kier molecular flexibility index (Phi) is 8.35. The van der Waals surface area contributed by atoms with Crippen LogP contribution in [0.1, 0.15) is 49.5 Å². The molecule has 0 bridgehead atoms. The smallest absolute Gasteiger partial charge is 0.303 e. The fourth-order valence-electron chi connectivity index (χ4n) is 4.92. The molecule has 0 aliphatic carbocycles. The molecule has 3 heterocycles. The number of fused-ring (bicyclic) bond motifs is 1. The minimum atomic E-state index is -0.775. The first-order chi connectivity index (χ1) is 17.0. The van der Waals surface area contributed by atoms with E-state index in [9.17, 15) is 15.0 Å². The normalized spacial score (nSPS) is 19.1. The van der Waals surface area contributed by atoms with E-state index in [-0.39, 0.29) is 12.3 Å². The number of aromatic nitrogens is 2. The molecule has 1 saturated heterocycles. The van der Waals surface area contributed by atoms with Crippen molar-refractivity contribution in [1.82, 2.24) is 14.9 Å². The van der Waals surface area contributed by atoms with Gasteiger partial charge in [0.25, 0.3) is 0 Å². The van der Waals surface area contributed by atoms with Crippen LogP contribution < -0.4 is 4.74 Å². The van der Waals surface area contributed by atoms with Crippen molar-refractivity contribution < 1.29 is 24.2 Å². The monoisotopic (exact) mass is 477 g/mol. The third kappa shape index (κ3) is 6.59. The molecule has 1 aliphatic rings. The zero-order valence-corrected chi connectivity index (χ0v) is 19.9. The Balaban J connectivity index is 1.39. The number of methoxy groups -OCH3 is 1. The van der Waals surface area contributed by atoms with Crippen LogP contribution in [0.3, 0.4) is 0 Å². The first-order valence-electron chi connectivity index (χ1n) is 12.0. The van der Waals surface area contributed by atoms with E-state index in [4.69, 9.17) is 9.15 Å². The second kappa shape index (κ2) is 11.8. The van der Waals surface area contributed by atoms with Crippen LogP contribution in [-0.2, 0) is 4.79 Å². The van der Waals surface area contributed by atoms with Crippen LogP contribution in [0, 0.1) is 23.7 Å². The van der Waals surface area contributed by atoms with Crippen molar-refractivity contribution in [3.8, 4) is 17.6 Å². The van der Waals surface area contributed by atoms with Crippen molar-refractivity contribution in [3.63, 3.8) is 0 Å². The number of aliphatic hydroxyl groups is 1. The molecule has 8 heteroatoms. The number of aliphatic carboxylic acids is 1. The van der Waals surface area contributed by atoms with E-state index in [0.29, 0.717) is 31.1 Å². The minimum absolute atomic E-state index is 0.149. The Labute approximate surface area is 204 Å². The summed E-state index contributed by atoms with van der Waals surface area (Å²) in [6.45, 7) is 2.30. The Morgan fingerprint density at radius 2 is 2.20 bits per heavy atom. The van der Waals surface area contributed by atoms with Gasteiger partial charge in [0.05, 0.1) is 31.5 Å². The highest BCUT2D eigenvalue weighted by atomic mass is 16.5. The number of carboxylic acids is 1. The number of carbonyl (C=O) groups is 1. The number of carboxylic acid groups (broad SMARTS) is 1. The highest BCUT2D eigenvalue weighted by Crippen LogP contribution is 2.35. The standard InChI is InChI=1S/C27H31N3O5/c1-34-21-6-7-25-24(15-21)23(10-12-29-25)26(31)8-4-19-11-14-30(17-20(19)5-9-27(32)33)13-2-3-22-16-28-18-35-22/h6-7,10,12,15-16,18-20,26,31H,4-5,8-9,11,13-14,17H2,1H3,(H,32,33)/t19-,20-,26-/m1/s1. The molecule has 0 spiro atoms. The summed E-state index contributed by atoms with van der Waals surface area (Å²) < 4.78 is 10.5. The number of pyridine rings is 1. The number of rotatable bonds is 9. The van der Waals surface area contributed by atoms with Gasteiger partial charge in [0.2, 0.25) is 0 Å². The van der Waals surface area contributed by atoms with Crippen LogP contribution in [0.5, 0.6) is 5.75 Å². The van der Waals surface area contributed by atoms with Crippen molar-refractivity contribution >= 4 is 16.9 Å². The topological polar surface area (TPSA) is 109 Å². The molecule has 1 aromatic carbocycles. The number of oxazole rings is 1. The van der Waals surface area contributed by atoms with Gasteiger partial charge in [-0.05, 0) is 79.8 Å². The Morgan fingerprint density at radius 1 is 1.31 bits per heavy atom. The second-order valence-electron chi connectivity index (χ2n) is 9.02. The SMILES string of the molecule is COc1ccc2nccc([C@H](O)CC[C@@H]3CCN(CC#Cc4cnco4)C[C@H]3CCC(=O)O)c2c1. The minimum Gasteiger partial charge on any atom is -0.497 e. The summed E-state index contributed by atoms with van der Waals surface area (Å²) in [6.07, 6.45) is 7.20. The van der Waals surface area contributed by atoms with E-state index in [2.05, 4.69) is 26.7 Å². The summed E-state index contributed by atoms with van der Waals surface area (Å²) in [5, 5.41) is 21.2. The van der Waals surface area contributed by atoms with Crippen LogP contribution in [0.25, 0.3) is 10.9 Å². The molecule has 3 aromatic rings. The lowest BCUT2D eigenvalue weighted by atomic mass is 9.79. The van der Waals surface area contributed by atoms with Crippen molar-refractivity contribution in [2.75, 3.05) is 26.7 Å². The quantitative estimate of drug-likeness (QED) is 0.447. The van der Waals surface area contributed by atoms with Crippen LogP contribution in [0.4, 0.5) is 0 Å². The number of piperidine rings is 1. The van der Waals surface area contributed by atoms with Gasteiger partial charge in [-0.3, -0.25) is 14.7 Å². The Hall–Kier alpha value is -3.41. The van der Waals surface area contributed by atoms with Gasteiger partial charge in [0.1, 0.15) is 5.75 Å². The fraction of sp³-hybridized carbons (Fsp3) is 0.444. The molecule has 2 aromatic heterocycles. The molecule has 1 aliphatic heterocycles. The fourth-order valence-corrected chi connectivity index (χ4v) is 4.92. The molecule has 8 nitrogen and oxygen atoms in total. The first-order valence-corrected chi connectivity index (χ1v) is 12.0. The van der Waals surface area contributed by atoms with Gasteiger partial charge in [0, 0.05) is 24.5 Å². The molecule has 3 atom stereocenters. The van der Waals surface area contributed by atoms with Crippen molar-refractivity contribution in [3.05, 3.63) is 54.4 Å². The van der Waals surface area contributed by atoms with Gasteiger partial charge in [-0.25, -0.2) is 4.98 Å². The van der Waals surface area contributed by atoms with E-state index in [1.54, 1.807) is 19.5 Å². The van der Waals surface area contributed by atoms with Gasteiger partial charge in [0.15, 0.2) is 12.2 Å². The largest absolute Gasteiger partial charge is 0.497 e. The lowest BCUT2D eigenvalue weighted by Crippen LogP contribution is -2.41. The van der Waals surface area contributed by atoms with Gasteiger partial charge < -0.3 is 19.4 Å². The molecule has 0 unspecified atom stereocenters. The summed E-state index contributed by atoms with van der Waals surface area (Å²) >= 11 is 0. The van der Waals surface area contributed by atoms with Crippen LogP contribution in [-0.4, -0.2) is 57.8 Å². The predicted octanol–water partition coefficient (Wildman–Crippen LogP) is 3.90. The zero-order chi connectivity index (χ0) is 24.6. The molecule has 2 N–H and O–H groups in total. The Morgan fingerprint density at radius 3 is 2.97 bits per heavy atom. The number of ether oxygens (including phenoxy) is 1. The third-order valence-electron chi connectivity index (χ3n) is 6.80. The van der Waals surface area contributed by atoms with E-state index in [0.717, 1.165) is 48.1 Å². The molecule has 0 amide bonds. The molecular formula is C27H31N3O5. The molecule has 35 heavy (non-hydrogen) atoms. The summed E-state index contributed by atoms with van der Waals surface area (Å²) in [5.74, 6) is 7.18. The number of hydrogen-bond donors (Lipinski definition) is 2. The summed E-state index contributed by atoms with van der Waals surface area (Å²) in [5.41, 5.74) is 1.66. The lowest BCUT2D eigenvalue weighted by Gasteiger charge is -2.38. The maximum absolute atomic E-state index is 11.3. The average molecular weight is 478 g/mol. The number of benzene rings is 1. The maximum atomic E-state index is 11.3. The van der Waals surface area contributed by atoms with Crippen LogP contribution >= 0.6 is 0 Å². The third-order valence-corrected chi connectivity index (χ3v) is 6.80. The molecular weight excluding hydrogens is 446 g/mol. The van der Waals surface area contributed by atoms with E-state index < -0.39 is 12.1 Å². The Bertz CT molecular complexity index is 1180. The molecule has 0 radical (unpaired) electrons. The lowest BCUT2D eigenvalue weighted by molar-refractivity contribution is -0.137. The number of nitrogens with zero attached hydrogens (tertiary/aromatic N) is 3. The summed E-state index contributed by atoms with van der Waals surface area (Å²) in [6, 6.07) is 7.54. The van der Waals surface area contributed by atoms with Gasteiger partial charge in [-0.2, -0.15) is 0 Å². The molecule has 0 saturated carbocycles. The highest BCUT2D eigenvalue weighted by Gasteiger charge is 2.30. The van der Waals surface area contributed by atoms with Gasteiger partial charge >= 0.3 is 5.97 Å². The van der Waals surface area contributed by atoms with Crippen molar-refractivity contribution in [2.45, 2.75) is 38.2 Å². The predicted molar refractivity (Wildman–Crippen MR) is 131 cm³/mol. The average Bonchev–Trinajstić information content (AvgIpc) is 3.39. The van der Waals surface area contributed by atoms with Crippen molar-refractivity contribution in [1.29, 1.82) is 0 Å². The number of hydrogen-bond acceptors (Lipinski definition) is 7. The molecule has 4 rings (SSSR count). The molecule has 184 valence electrons. The number of likely N-dealkylation sites (tertiary alicyclic amines) is 1. The van der Waals surface area contributed by atoms with E-state index in [1.807, 2.05) is 24.3 Å². The van der Waals surface area contributed by atoms with Gasteiger partial charge in [-0.15, -0.1) is 0 Å². The summed E-state index contributed by atoms with van der Waals surface area (Å²) in [7, 11) is 1.62. The van der Waals surface area contributed by atoms with E-state index in [1.165, 1.54) is 6.39 Å². The summed E-state index contributed by atoms with van der Waals surface area (Å²) in [4.78, 5) is 21.8. The maximum Gasteiger partial charge on any atom is 0.303 e. The van der Waals surface area contributed by atoms with E-state index >= 15 is 0 Å². The van der Waals surface area contributed by atoms with Crippen molar-refractivity contribution in [2.24, 2.45) is 11.8 Å². The second-order valence-corrected chi connectivity index (χ2v) is 9.02. The zero-order valence-electron chi connectivity index (χ0n) is 19.9.